The van der Waals surface area contributed by atoms with Crippen molar-refractivity contribution in [2.75, 3.05) is 13.7 Å². The minimum Gasteiger partial charge on any atom is -0.451 e. The van der Waals surface area contributed by atoms with Crippen LogP contribution in [-0.2, 0) is 16.0 Å². The first kappa shape index (κ1) is 18.1. The highest BCUT2D eigenvalue weighted by molar-refractivity contribution is 7.17. The number of benzene rings is 1. The lowest BCUT2D eigenvalue weighted by Crippen LogP contribution is -2.36. The first-order chi connectivity index (χ1) is 12.5. The van der Waals surface area contributed by atoms with Crippen molar-refractivity contribution in [3.05, 3.63) is 62.5 Å². The maximum absolute atomic E-state index is 12.4. The van der Waals surface area contributed by atoms with Crippen LogP contribution in [0.25, 0.3) is 0 Å². The monoisotopic (exact) mass is 374 g/mol. The van der Waals surface area contributed by atoms with Gasteiger partial charge in [0.2, 0.25) is 0 Å². The number of hydrogen-bond acceptors (Lipinski definition) is 6. The van der Waals surface area contributed by atoms with Crippen LogP contribution in [0.3, 0.4) is 0 Å². The van der Waals surface area contributed by atoms with Crippen molar-refractivity contribution in [2.45, 2.75) is 25.3 Å². The molecule has 1 aliphatic rings. The summed E-state index contributed by atoms with van der Waals surface area (Å²) in [6.45, 7) is -0.389. The third-order valence-corrected chi connectivity index (χ3v) is 5.52. The lowest BCUT2D eigenvalue weighted by molar-refractivity contribution is -0.380. The molecule has 136 valence electrons. The smallest absolute Gasteiger partial charge is 0.349 e. The molecule has 1 unspecified atom stereocenters. The highest BCUT2D eigenvalue weighted by atomic mass is 32.1. The number of nitrogens with zero attached hydrogens (tertiary/aromatic N) is 2. The lowest BCUT2D eigenvalue weighted by atomic mass is 9.87. The molecule has 1 atom stereocenters. The van der Waals surface area contributed by atoms with Crippen molar-refractivity contribution < 1.29 is 19.2 Å². The van der Waals surface area contributed by atoms with Gasteiger partial charge in [0.25, 0.3) is 5.91 Å². The summed E-state index contributed by atoms with van der Waals surface area (Å²) < 4.78 is 5.04. The van der Waals surface area contributed by atoms with Crippen LogP contribution in [0, 0.1) is 10.1 Å². The fourth-order valence-corrected chi connectivity index (χ4v) is 3.85. The quantitative estimate of drug-likeness (QED) is 0.455. The first-order valence-electron chi connectivity index (χ1n) is 8.22. The van der Waals surface area contributed by atoms with Gasteiger partial charge in [-0.1, -0.05) is 35.6 Å². The molecule has 1 heterocycles. The average molecular weight is 374 g/mol. The number of carbonyl (C=O) groups excluding carboxylic acids is 2. The number of amides is 1. The second kappa shape index (κ2) is 7.65. The van der Waals surface area contributed by atoms with E-state index >= 15 is 0 Å². The number of hydrogen-bond donors (Lipinski definition) is 0. The van der Waals surface area contributed by atoms with Crippen LogP contribution in [0.1, 0.15) is 39.7 Å². The van der Waals surface area contributed by atoms with E-state index in [9.17, 15) is 19.7 Å². The van der Waals surface area contributed by atoms with Gasteiger partial charge in [-0.05, 0) is 36.5 Å². The van der Waals surface area contributed by atoms with Gasteiger partial charge < -0.3 is 9.64 Å². The van der Waals surface area contributed by atoms with E-state index in [2.05, 4.69) is 6.07 Å². The molecule has 1 aliphatic carbocycles. The lowest BCUT2D eigenvalue weighted by Gasteiger charge is -2.33. The Hall–Kier alpha value is -2.74. The van der Waals surface area contributed by atoms with Gasteiger partial charge in [-0.2, -0.15) is 0 Å². The summed E-state index contributed by atoms with van der Waals surface area (Å²) in [5.74, 6) is -1.03. The van der Waals surface area contributed by atoms with Gasteiger partial charge in [-0.15, -0.1) is 0 Å². The van der Waals surface area contributed by atoms with Crippen LogP contribution in [0.15, 0.2) is 36.4 Å². The van der Waals surface area contributed by atoms with Gasteiger partial charge in [0.15, 0.2) is 6.61 Å². The maximum Gasteiger partial charge on any atom is 0.349 e. The molecule has 0 bridgehead atoms. The Kier molecular flexibility index (Phi) is 5.32. The summed E-state index contributed by atoms with van der Waals surface area (Å²) in [5, 5.41) is 10.5. The Balaban J connectivity index is 1.61. The van der Waals surface area contributed by atoms with Crippen LogP contribution >= 0.6 is 11.3 Å². The fourth-order valence-electron chi connectivity index (χ4n) is 3.14. The normalized spacial score (nSPS) is 15.8. The van der Waals surface area contributed by atoms with E-state index in [1.807, 2.05) is 18.2 Å². The second-order valence-electron chi connectivity index (χ2n) is 6.08. The SMILES string of the molecule is CN(C(=O)COC(=O)c1ccc([N+](=O)[O-])s1)C1CCCc2ccccc21. The highest BCUT2D eigenvalue weighted by Gasteiger charge is 2.27. The van der Waals surface area contributed by atoms with Crippen LogP contribution in [0.4, 0.5) is 5.00 Å². The molecule has 0 saturated heterocycles. The van der Waals surface area contributed by atoms with Crippen molar-refractivity contribution in [1.29, 1.82) is 0 Å². The first-order valence-corrected chi connectivity index (χ1v) is 9.04. The molecular formula is C18H18N2O5S. The second-order valence-corrected chi connectivity index (χ2v) is 7.14. The zero-order valence-corrected chi connectivity index (χ0v) is 15.0. The van der Waals surface area contributed by atoms with Gasteiger partial charge >= 0.3 is 11.0 Å². The molecule has 0 aliphatic heterocycles. The van der Waals surface area contributed by atoms with Crippen LogP contribution in [0.5, 0.6) is 0 Å². The van der Waals surface area contributed by atoms with Gasteiger partial charge in [0.1, 0.15) is 4.88 Å². The number of carbonyl (C=O) groups is 2. The topological polar surface area (TPSA) is 89.8 Å². The Bertz CT molecular complexity index is 848. The molecule has 0 spiro atoms. The third-order valence-electron chi connectivity index (χ3n) is 4.50. The standard InChI is InChI=1S/C18H18N2O5S/c1-19(14-8-4-6-12-5-2-3-7-13(12)14)16(21)11-25-18(22)15-9-10-17(26-15)20(23)24/h2-3,5,7,9-10,14H,4,6,8,11H2,1H3. The Morgan fingerprint density at radius 1 is 1.31 bits per heavy atom. The summed E-state index contributed by atoms with van der Waals surface area (Å²) in [6, 6.07) is 10.6. The van der Waals surface area contributed by atoms with E-state index in [1.54, 1.807) is 11.9 Å². The van der Waals surface area contributed by atoms with E-state index in [1.165, 1.54) is 17.7 Å². The largest absolute Gasteiger partial charge is 0.451 e. The molecule has 0 N–H and O–H groups in total. The third kappa shape index (κ3) is 3.75. The van der Waals surface area contributed by atoms with E-state index in [4.69, 9.17) is 4.74 Å². The van der Waals surface area contributed by atoms with Gasteiger partial charge in [0.05, 0.1) is 11.0 Å². The van der Waals surface area contributed by atoms with E-state index in [0.717, 1.165) is 36.2 Å². The number of thiophene rings is 1. The van der Waals surface area contributed by atoms with Crippen molar-refractivity contribution in [2.24, 2.45) is 0 Å². The maximum atomic E-state index is 12.4. The fraction of sp³-hybridized carbons (Fsp3) is 0.333. The molecule has 2 aromatic rings. The minimum absolute atomic E-state index is 0.0334. The number of rotatable bonds is 5. The average Bonchev–Trinajstić information content (AvgIpc) is 3.15. The van der Waals surface area contributed by atoms with Crippen molar-refractivity contribution in [3.63, 3.8) is 0 Å². The van der Waals surface area contributed by atoms with E-state index < -0.39 is 10.9 Å². The minimum atomic E-state index is -0.728. The Morgan fingerprint density at radius 3 is 2.81 bits per heavy atom. The molecular weight excluding hydrogens is 356 g/mol. The number of nitro groups is 1. The summed E-state index contributed by atoms with van der Waals surface area (Å²) in [6.07, 6.45) is 2.86. The molecule has 0 radical (unpaired) electrons. The van der Waals surface area contributed by atoms with Crippen molar-refractivity contribution >= 4 is 28.2 Å². The van der Waals surface area contributed by atoms with Gasteiger partial charge in [-0.25, -0.2) is 4.79 Å². The molecule has 1 aromatic carbocycles. The number of aryl methyl sites for hydroxylation is 1. The van der Waals surface area contributed by atoms with Crippen molar-refractivity contribution in [1.82, 2.24) is 4.90 Å². The number of fused-ring (bicyclic) bond motifs is 1. The summed E-state index contributed by atoms with van der Waals surface area (Å²) in [5.41, 5.74) is 2.38. The number of ether oxygens (including phenoxy) is 1. The van der Waals surface area contributed by atoms with Gasteiger partial charge in [-0.3, -0.25) is 14.9 Å². The molecule has 7 nitrogen and oxygen atoms in total. The molecule has 1 amide bonds. The van der Waals surface area contributed by atoms with Crippen LogP contribution in [-0.4, -0.2) is 35.4 Å². The zero-order valence-electron chi connectivity index (χ0n) is 14.2. The molecule has 3 rings (SSSR count). The summed E-state index contributed by atoms with van der Waals surface area (Å²) in [7, 11) is 1.71. The predicted molar refractivity (Wildman–Crippen MR) is 96.1 cm³/mol. The van der Waals surface area contributed by atoms with Crippen LogP contribution in [0.2, 0.25) is 0 Å². The molecule has 0 fully saturated rings. The van der Waals surface area contributed by atoms with E-state index in [-0.39, 0.29) is 28.4 Å². The molecule has 8 heteroatoms. The summed E-state index contributed by atoms with van der Waals surface area (Å²) >= 11 is 0.729. The molecule has 1 aromatic heterocycles. The predicted octanol–water partition coefficient (Wildman–Crippen LogP) is 3.35. The van der Waals surface area contributed by atoms with Gasteiger partial charge in [0, 0.05) is 13.1 Å². The van der Waals surface area contributed by atoms with Crippen molar-refractivity contribution in [3.8, 4) is 0 Å². The molecule has 0 saturated carbocycles. The number of likely N-dealkylation sites (N-methyl/N-ethyl adjacent to an activating group) is 1. The van der Waals surface area contributed by atoms with Crippen LogP contribution < -0.4 is 0 Å². The summed E-state index contributed by atoms with van der Waals surface area (Å²) in [4.78, 5) is 36.2. The molecule has 26 heavy (non-hydrogen) atoms. The Morgan fingerprint density at radius 2 is 2.08 bits per heavy atom. The zero-order chi connectivity index (χ0) is 18.7. The highest BCUT2D eigenvalue weighted by Crippen LogP contribution is 2.33. The Labute approximate surface area is 154 Å². The van der Waals surface area contributed by atoms with E-state index in [0.29, 0.717) is 0 Å². The number of esters is 1.